The number of hydrogen-bond acceptors (Lipinski definition) is 2. The Labute approximate surface area is 81.0 Å². The number of hydrogen-bond donors (Lipinski definition) is 1. The van der Waals surface area contributed by atoms with Crippen LogP contribution in [0.2, 0.25) is 4.34 Å². The predicted molar refractivity (Wildman–Crippen MR) is 51.8 cm³/mol. The molecular weight excluding hydrogens is 192 g/mol. The topological polar surface area (TPSA) is 20.2 Å². The van der Waals surface area contributed by atoms with Crippen molar-refractivity contribution in [2.45, 2.75) is 25.4 Å². The summed E-state index contributed by atoms with van der Waals surface area (Å²) in [5.41, 5.74) is 1.27. The summed E-state index contributed by atoms with van der Waals surface area (Å²) in [6.07, 6.45) is 3.06. The molecule has 0 spiro atoms. The zero-order chi connectivity index (χ0) is 8.55. The molecule has 0 aliphatic heterocycles. The zero-order valence-electron chi connectivity index (χ0n) is 6.66. The molecule has 1 N–H and O–H groups in total. The highest BCUT2D eigenvalue weighted by atomic mass is 35.5. The summed E-state index contributed by atoms with van der Waals surface area (Å²) in [4.78, 5) is 0. The summed E-state index contributed by atoms with van der Waals surface area (Å²) in [5, 5.41) is 11.4. The zero-order valence-corrected chi connectivity index (χ0v) is 8.24. The molecule has 2 rings (SSSR count). The van der Waals surface area contributed by atoms with Crippen LogP contribution < -0.4 is 0 Å². The van der Waals surface area contributed by atoms with E-state index >= 15 is 0 Å². The monoisotopic (exact) mass is 202 g/mol. The van der Waals surface area contributed by atoms with Crippen LogP contribution in [0.4, 0.5) is 0 Å². The van der Waals surface area contributed by atoms with Crippen molar-refractivity contribution in [1.82, 2.24) is 0 Å². The van der Waals surface area contributed by atoms with Gasteiger partial charge in [0.15, 0.2) is 0 Å². The number of rotatable bonds is 2. The number of aliphatic hydroxyl groups is 1. The van der Waals surface area contributed by atoms with E-state index in [-0.39, 0.29) is 6.10 Å². The molecule has 1 saturated carbocycles. The Morgan fingerprint density at radius 2 is 2.42 bits per heavy atom. The molecule has 1 aromatic rings. The van der Waals surface area contributed by atoms with Crippen LogP contribution in [-0.2, 0) is 6.42 Å². The van der Waals surface area contributed by atoms with Crippen molar-refractivity contribution >= 4 is 22.9 Å². The van der Waals surface area contributed by atoms with Crippen LogP contribution in [-0.4, -0.2) is 11.2 Å². The van der Waals surface area contributed by atoms with Gasteiger partial charge in [0.1, 0.15) is 0 Å². The second-order valence-electron chi connectivity index (χ2n) is 3.37. The van der Waals surface area contributed by atoms with Gasteiger partial charge in [-0.05, 0) is 42.2 Å². The summed E-state index contributed by atoms with van der Waals surface area (Å²) in [6.45, 7) is 0. The van der Waals surface area contributed by atoms with Crippen LogP contribution in [0, 0.1) is 5.92 Å². The summed E-state index contributed by atoms with van der Waals surface area (Å²) in [6, 6.07) is 2.00. The van der Waals surface area contributed by atoms with E-state index < -0.39 is 0 Å². The van der Waals surface area contributed by atoms with Crippen molar-refractivity contribution in [1.29, 1.82) is 0 Å². The average molecular weight is 203 g/mol. The van der Waals surface area contributed by atoms with Crippen molar-refractivity contribution < 1.29 is 5.11 Å². The molecule has 1 nitrogen and oxygen atoms in total. The Balaban J connectivity index is 1.95. The van der Waals surface area contributed by atoms with Crippen LogP contribution in [0.1, 0.15) is 18.4 Å². The molecule has 2 atom stereocenters. The highest BCUT2D eigenvalue weighted by Gasteiger charge is 2.28. The van der Waals surface area contributed by atoms with Gasteiger partial charge in [0.2, 0.25) is 0 Å². The first-order valence-corrected chi connectivity index (χ1v) is 5.42. The lowest BCUT2D eigenvalue weighted by Gasteiger charge is -2.32. The van der Waals surface area contributed by atoms with Crippen LogP contribution in [0.5, 0.6) is 0 Å². The molecule has 1 fully saturated rings. The lowest BCUT2D eigenvalue weighted by molar-refractivity contribution is 0.0245. The van der Waals surface area contributed by atoms with E-state index in [4.69, 9.17) is 11.6 Å². The third-order valence-corrected chi connectivity index (χ3v) is 3.64. The van der Waals surface area contributed by atoms with Gasteiger partial charge >= 0.3 is 0 Å². The Morgan fingerprint density at radius 3 is 2.83 bits per heavy atom. The third-order valence-electron chi connectivity index (χ3n) is 2.50. The quantitative estimate of drug-likeness (QED) is 0.782. The molecular formula is C9H11ClOS. The molecule has 1 aliphatic rings. The van der Waals surface area contributed by atoms with Crippen molar-refractivity contribution in [3.05, 3.63) is 21.3 Å². The summed E-state index contributed by atoms with van der Waals surface area (Å²) in [5.74, 6) is 0.482. The Kier molecular flexibility index (Phi) is 2.40. The van der Waals surface area contributed by atoms with Gasteiger partial charge in [-0.2, -0.15) is 0 Å². The Bertz CT molecular complexity index is 271. The lowest BCUT2D eigenvalue weighted by atomic mass is 9.78. The van der Waals surface area contributed by atoms with E-state index in [1.165, 1.54) is 5.56 Å². The van der Waals surface area contributed by atoms with Gasteiger partial charge in [-0.3, -0.25) is 0 Å². The summed E-state index contributed by atoms with van der Waals surface area (Å²) in [7, 11) is 0. The number of aliphatic hydroxyl groups excluding tert-OH is 1. The lowest BCUT2D eigenvalue weighted by Crippen LogP contribution is -2.32. The fourth-order valence-corrected chi connectivity index (χ4v) is 2.47. The van der Waals surface area contributed by atoms with Gasteiger partial charge in [-0.1, -0.05) is 11.6 Å². The van der Waals surface area contributed by atoms with Crippen LogP contribution in [0.3, 0.4) is 0 Å². The highest BCUT2D eigenvalue weighted by Crippen LogP contribution is 2.32. The van der Waals surface area contributed by atoms with Gasteiger partial charge in [0.25, 0.3) is 0 Å². The van der Waals surface area contributed by atoms with Crippen molar-refractivity contribution in [2.24, 2.45) is 5.92 Å². The van der Waals surface area contributed by atoms with Crippen molar-refractivity contribution in [3.8, 4) is 0 Å². The van der Waals surface area contributed by atoms with E-state index in [2.05, 4.69) is 5.38 Å². The summed E-state index contributed by atoms with van der Waals surface area (Å²) >= 11 is 7.36. The molecule has 12 heavy (non-hydrogen) atoms. The molecule has 1 aromatic heterocycles. The van der Waals surface area contributed by atoms with Gasteiger partial charge in [-0.15, -0.1) is 11.3 Å². The molecule has 0 saturated heterocycles. The third kappa shape index (κ3) is 1.65. The molecule has 3 heteroatoms. The summed E-state index contributed by atoms with van der Waals surface area (Å²) < 4.78 is 0.846. The molecule has 0 bridgehead atoms. The SMILES string of the molecule is OC1CCC1Cc1csc(Cl)c1. The minimum absolute atomic E-state index is 0.0660. The van der Waals surface area contributed by atoms with Crippen LogP contribution in [0.25, 0.3) is 0 Å². The predicted octanol–water partition coefficient (Wildman–Crippen LogP) is 2.71. The maximum Gasteiger partial charge on any atom is 0.0931 e. The smallest absolute Gasteiger partial charge is 0.0931 e. The highest BCUT2D eigenvalue weighted by molar-refractivity contribution is 7.14. The number of thiophene rings is 1. The van der Waals surface area contributed by atoms with Crippen molar-refractivity contribution in [2.75, 3.05) is 0 Å². The molecule has 0 radical (unpaired) electrons. The van der Waals surface area contributed by atoms with Gasteiger partial charge in [-0.25, -0.2) is 0 Å². The second-order valence-corrected chi connectivity index (χ2v) is 4.91. The van der Waals surface area contributed by atoms with Gasteiger partial charge in [0, 0.05) is 0 Å². The Hall–Kier alpha value is -0.0500. The number of halogens is 1. The van der Waals surface area contributed by atoms with E-state index in [0.29, 0.717) is 5.92 Å². The molecule has 2 unspecified atom stereocenters. The van der Waals surface area contributed by atoms with E-state index in [1.807, 2.05) is 6.07 Å². The molecule has 66 valence electrons. The van der Waals surface area contributed by atoms with E-state index in [1.54, 1.807) is 11.3 Å². The molecule has 1 heterocycles. The van der Waals surface area contributed by atoms with Crippen LogP contribution in [0.15, 0.2) is 11.4 Å². The van der Waals surface area contributed by atoms with Gasteiger partial charge < -0.3 is 5.11 Å². The minimum Gasteiger partial charge on any atom is -0.393 e. The Morgan fingerprint density at radius 1 is 1.58 bits per heavy atom. The first-order chi connectivity index (χ1) is 5.75. The van der Waals surface area contributed by atoms with Gasteiger partial charge in [0.05, 0.1) is 10.4 Å². The molecule has 1 aliphatic carbocycles. The first-order valence-electron chi connectivity index (χ1n) is 4.16. The maximum atomic E-state index is 9.35. The maximum absolute atomic E-state index is 9.35. The van der Waals surface area contributed by atoms with Crippen LogP contribution >= 0.6 is 22.9 Å². The molecule has 0 aromatic carbocycles. The van der Waals surface area contributed by atoms with E-state index in [9.17, 15) is 5.11 Å². The average Bonchev–Trinajstić information content (AvgIpc) is 2.44. The normalized spacial score (nSPS) is 28.5. The standard InChI is InChI=1S/C9H11ClOS/c10-9-4-6(5-12-9)3-7-1-2-8(7)11/h4-5,7-8,11H,1-3H2. The van der Waals surface area contributed by atoms with Crippen molar-refractivity contribution in [3.63, 3.8) is 0 Å². The largest absolute Gasteiger partial charge is 0.393 e. The fourth-order valence-electron chi connectivity index (χ4n) is 1.55. The fraction of sp³-hybridized carbons (Fsp3) is 0.556. The van der Waals surface area contributed by atoms with E-state index in [0.717, 1.165) is 23.6 Å². The second kappa shape index (κ2) is 3.36. The minimum atomic E-state index is -0.0660. The molecule has 0 amide bonds. The first kappa shape index (κ1) is 8.54.